The second-order valence-electron chi connectivity index (χ2n) is 5.06. The number of anilines is 1. The minimum absolute atomic E-state index is 0.652. The molecule has 0 aliphatic heterocycles. The molecular formula is C15H21N3. The Bertz CT molecular complexity index is 573. The standard InChI is InChI=1S/C15H21N3/c1-10-7-11(2)14-13(8-10)9-12(5-6-16)15(17-14)18(3)4/h7-9H,5-6,16H2,1-4H3. The lowest BCUT2D eigenvalue weighted by atomic mass is 10.0. The summed E-state index contributed by atoms with van der Waals surface area (Å²) in [4.78, 5) is 6.86. The van der Waals surface area contributed by atoms with Crippen molar-refractivity contribution in [1.82, 2.24) is 4.98 Å². The Labute approximate surface area is 109 Å². The van der Waals surface area contributed by atoms with E-state index in [0.29, 0.717) is 6.54 Å². The Morgan fingerprint density at radius 2 is 1.89 bits per heavy atom. The molecule has 3 nitrogen and oxygen atoms in total. The van der Waals surface area contributed by atoms with Gasteiger partial charge in [0.15, 0.2) is 0 Å². The van der Waals surface area contributed by atoms with Gasteiger partial charge in [0.25, 0.3) is 0 Å². The van der Waals surface area contributed by atoms with Crippen LogP contribution in [-0.2, 0) is 6.42 Å². The molecule has 0 unspecified atom stereocenters. The third kappa shape index (κ3) is 2.31. The molecule has 3 heteroatoms. The summed E-state index contributed by atoms with van der Waals surface area (Å²) in [6, 6.07) is 6.59. The van der Waals surface area contributed by atoms with E-state index in [0.717, 1.165) is 17.8 Å². The van der Waals surface area contributed by atoms with Crippen molar-refractivity contribution in [3.8, 4) is 0 Å². The normalized spacial score (nSPS) is 10.9. The smallest absolute Gasteiger partial charge is 0.132 e. The first-order chi connectivity index (χ1) is 8.52. The first-order valence-electron chi connectivity index (χ1n) is 6.31. The Hall–Kier alpha value is -1.61. The number of nitrogens with two attached hydrogens (primary N) is 1. The van der Waals surface area contributed by atoms with Gasteiger partial charge in [0.05, 0.1) is 5.52 Å². The van der Waals surface area contributed by atoms with Crippen molar-refractivity contribution >= 4 is 16.7 Å². The van der Waals surface area contributed by atoms with E-state index in [2.05, 4.69) is 36.9 Å². The van der Waals surface area contributed by atoms with Gasteiger partial charge in [0.1, 0.15) is 5.82 Å². The van der Waals surface area contributed by atoms with E-state index in [-0.39, 0.29) is 0 Å². The minimum Gasteiger partial charge on any atom is -0.362 e. The SMILES string of the molecule is Cc1cc(C)c2nc(N(C)C)c(CCN)cc2c1. The lowest BCUT2D eigenvalue weighted by Crippen LogP contribution is -2.15. The molecular weight excluding hydrogens is 222 g/mol. The number of pyridine rings is 1. The summed E-state index contributed by atoms with van der Waals surface area (Å²) >= 11 is 0. The van der Waals surface area contributed by atoms with E-state index in [1.807, 2.05) is 14.1 Å². The van der Waals surface area contributed by atoms with Crippen LogP contribution in [0.2, 0.25) is 0 Å². The maximum absolute atomic E-state index is 5.69. The number of benzene rings is 1. The van der Waals surface area contributed by atoms with Gasteiger partial charge >= 0.3 is 0 Å². The van der Waals surface area contributed by atoms with Crippen LogP contribution in [0.1, 0.15) is 16.7 Å². The second-order valence-corrected chi connectivity index (χ2v) is 5.06. The molecule has 0 saturated heterocycles. The fraction of sp³-hybridized carbons (Fsp3) is 0.400. The molecule has 1 aromatic carbocycles. The number of fused-ring (bicyclic) bond motifs is 1. The number of rotatable bonds is 3. The van der Waals surface area contributed by atoms with Gasteiger partial charge < -0.3 is 10.6 Å². The van der Waals surface area contributed by atoms with E-state index in [9.17, 15) is 0 Å². The van der Waals surface area contributed by atoms with Crippen molar-refractivity contribution in [1.29, 1.82) is 0 Å². The third-order valence-electron chi connectivity index (χ3n) is 3.15. The number of hydrogen-bond donors (Lipinski definition) is 1. The maximum atomic E-state index is 5.69. The van der Waals surface area contributed by atoms with Crippen molar-refractivity contribution in [2.24, 2.45) is 5.73 Å². The fourth-order valence-electron chi connectivity index (χ4n) is 2.41. The van der Waals surface area contributed by atoms with Crippen LogP contribution in [-0.4, -0.2) is 25.6 Å². The minimum atomic E-state index is 0.652. The van der Waals surface area contributed by atoms with Gasteiger partial charge in [-0.3, -0.25) is 0 Å². The predicted octanol–water partition coefficient (Wildman–Crippen LogP) is 2.42. The Morgan fingerprint density at radius 3 is 2.50 bits per heavy atom. The van der Waals surface area contributed by atoms with Gasteiger partial charge in [-0.2, -0.15) is 0 Å². The van der Waals surface area contributed by atoms with Crippen LogP contribution in [0.15, 0.2) is 18.2 Å². The van der Waals surface area contributed by atoms with Crippen molar-refractivity contribution in [3.63, 3.8) is 0 Å². The molecule has 0 amide bonds. The summed E-state index contributed by atoms with van der Waals surface area (Å²) < 4.78 is 0. The molecule has 2 aromatic rings. The van der Waals surface area contributed by atoms with Gasteiger partial charge in [-0.15, -0.1) is 0 Å². The topological polar surface area (TPSA) is 42.2 Å². The highest BCUT2D eigenvalue weighted by Crippen LogP contribution is 2.25. The summed E-state index contributed by atoms with van der Waals surface area (Å²) in [6.45, 7) is 4.89. The number of aryl methyl sites for hydroxylation is 2. The average molecular weight is 243 g/mol. The molecule has 18 heavy (non-hydrogen) atoms. The molecule has 0 atom stereocenters. The van der Waals surface area contributed by atoms with Crippen LogP contribution < -0.4 is 10.6 Å². The van der Waals surface area contributed by atoms with Gasteiger partial charge in [0, 0.05) is 19.5 Å². The van der Waals surface area contributed by atoms with Gasteiger partial charge in [-0.05, 0) is 50.1 Å². The number of hydrogen-bond acceptors (Lipinski definition) is 3. The Kier molecular flexibility index (Phi) is 3.53. The fourth-order valence-corrected chi connectivity index (χ4v) is 2.41. The zero-order valence-electron chi connectivity index (χ0n) is 11.6. The van der Waals surface area contributed by atoms with Crippen molar-refractivity contribution in [2.45, 2.75) is 20.3 Å². The van der Waals surface area contributed by atoms with E-state index in [1.165, 1.54) is 22.1 Å². The molecule has 96 valence electrons. The maximum Gasteiger partial charge on any atom is 0.132 e. The first-order valence-corrected chi connectivity index (χ1v) is 6.31. The summed E-state index contributed by atoms with van der Waals surface area (Å²) in [5.41, 5.74) is 10.5. The zero-order chi connectivity index (χ0) is 13.3. The molecule has 0 saturated carbocycles. The highest BCUT2D eigenvalue weighted by molar-refractivity contribution is 5.85. The summed E-state index contributed by atoms with van der Waals surface area (Å²) in [7, 11) is 4.05. The largest absolute Gasteiger partial charge is 0.362 e. The second kappa shape index (κ2) is 4.94. The molecule has 0 radical (unpaired) electrons. The van der Waals surface area contributed by atoms with Crippen LogP contribution in [0.5, 0.6) is 0 Å². The lowest BCUT2D eigenvalue weighted by Gasteiger charge is -2.18. The molecule has 1 aromatic heterocycles. The highest BCUT2D eigenvalue weighted by Gasteiger charge is 2.10. The summed E-state index contributed by atoms with van der Waals surface area (Å²) in [5.74, 6) is 1.03. The van der Waals surface area contributed by atoms with E-state index < -0.39 is 0 Å². The van der Waals surface area contributed by atoms with Crippen LogP contribution in [0, 0.1) is 13.8 Å². The van der Waals surface area contributed by atoms with Gasteiger partial charge in [-0.25, -0.2) is 4.98 Å². The third-order valence-corrected chi connectivity index (χ3v) is 3.15. The molecule has 0 bridgehead atoms. The molecule has 2 rings (SSSR count). The highest BCUT2D eigenvalue weighted by atomic mass is 15.1. The van der Waals surface area contributed by atoms with Crippen LogP contribution in [0.4, 0.5) is 5.82 Å². The lowest BCUT2D eigenvalue weighted by molar-refractivity contribution is 0.942. The predicted molar refractivity (Wildman–Crippen MR) is 78.3 cm³/mol. The van der Waals surface area contributed by atoms with E-state index in [4.69, 9.17) is 10.7 Å². The average Bonchev–Trinajstić information content (AvgIpc) is 2.27. The zero-order valence-corrected chi connectivity index (χ0v) is 11.6. The van der Waals surface area contributed by atoms with Crippen LogP contribution in [0.3, 0.4) is 0 Å². The summed E-state index contributed by atoms with van der Waals surface area (Å²) in [5, 5.41) is 1.21. The van der Waals surface area contributed by atoms with Crippen molar-refractivity contribution in [2.75, 3.05) is 25.5 Å². The Morgan fingerprint density at radius 1 is 1.17 bits per heavy atom. The van der Waals surface area contributed by atoms with Gasteiger partial charge in [-0.1, -0.05) is 11.6 Å². The molecule has 1 heterocycles. The molecule has 0 aliphatic rings. The monoisotopic (exact) mass is 243 g/mol. The molecule has 2 N–H and O–H groups in total. The van der Waals surface area contributed by atoms with Crippen LogP contribution >= 0.6 is 0 Å². The van der Waals surface area contributed by atoms with E-state index in [1.54, 1.807) is 0 Å². The quantitative estimate of drug-likeness (QED) is 0.900. The van der Waals surface area contributed by atoms with Crippen molar-refractivity contribution in [3.05, 3.63) is 34.9 Å². The summed E-state index contributed by atoms with van der Waals surface area (Å²) in [6.07, 6.45) is 0.865. The van der Waals surface area contributed by atoms with Gasteiger partial charge in [0.2, 0.25) is 0 Å². The molecule has 0 aliphatic carbocycles. The van der Waals surface area contributed by atoms with E-state index >= 15 is 0 Å². The number of aromatic nitrogens is 1. The Balaban J connectivity index is 2.72. The van der Waals surface area contributed by atoms with Crippen molar-refractivity contribution < 1.29 is 0 Å². The van der Waals surface area contributed by atoms with Crippen LogP contribution in [0.25, 0.3) is 10.9 Å². The molecule has 0 fully saturated rings. The molecule has 0 spiro atoms. The first kappa shape index (κ1) is 12.8. The number of nitrogens with zero attached hydrogens (tertiary/aromatic N) is 2.